The Kier molecular flexibility index (Phi) is 2.93. The number of nitrogens with zero attached hydrogens (tertiary/aromatic N) is 1. The Morgan fingerprint density at radius 3 is 2.69 bits per heavy atom. The van der Waals surface area contributed by atoms with Gasteiger partial charge in [0.05, 0.1) is 11.6 Å². The molecule has 4 heteroatoms. The molecule has 0 aromatic rings. The second-order valence-electron chi connectivity index (χ2n) is 3.95. The van der Waals surface area contributed by atoms with Crippen molar-refractivity contribution in [3.05, 3.63) is 0 Å². The van der Waals surface area contributed by atoms with Gasteiger partial charge in [0, 0.05) is 20.2 Å². The Balaban J connectivity index is 2.55. The summed E-state index contributed by atoms with van der Waals surface area (Å²) >= 11 is 0. The van der Waals surface area contributed by atoms with Gasteiger partial charge in [0.25, 0.3) is 0 Å². The van der Waals surface area contributed by atoms with Gasteiger partial charge in [0.1, 0.15) is 0 Å². The highest BCUT2D eigenvalue weighted by atomic mass is 16.5. The van der Waals surface area contributed by atoms with Crippen molar-refractivity contribution in [3.63, 3.8) is 0 Å². The number of amides is 1. The van der Waals surface area contributed by atoms with Crippen molar-refractivity contribution in [1.29, 1.82) is 0 Å². The second-order valence-corrected chi connectivity index (χ2v) is 3.95. The average molecular weight is 186 g/mol. The Morgan fingerprint density at radius 1 is 1.69 bits per heavy atom. The van der Waals surface area contributed by atoms with E-state index in [1.807, 2.05) is 6.92 Å². The molecule has 1 heterocycles. The van der Waals surface area contributed by atoms with Crippen LogP contribution >= 0.6 is 0 Å². The van der Waals surface area contributed by atoms with Crippen LogP contribution in [-0.4, -0.2) is 42.6 Å². The molecular formula is C9H18N2O2. The number of carbonyl (C=O) groups is 1. The minimum Gasteiger partial charge on any atom is -0.377 e. The van der Waals surface area contributed by atoms with Crippen molar-refractivity contribution >= 4 is 5.91 Å². The van der Waals surface area contributed by atoms with Gasteiger partial charge >= 0.3 is 0 Å². The molecule has 0 spiro atoms. The molecule has 0 saturated carbocycles. The smallest absolute Gasteiger partial charge is 0.239 e. The molecule has 0 aromatic heterocycles. The maximum Gasteiger partial charge on any atom is 0.239 e. The number of rotatable bonds is 2. The lowest BCUT2D eigenvalue weighted by Gasteiger charge is -2.23. The van der Waals surface area contributed by atoms with E-state index in [1.54, 1.807) is 18.9 Å². The van der Waals surface area contributed by atoms with Gasteiger partial charge in [-0.2, -0.15) is 0 Å². The number of methoxy groups -OCH3 is 1. The fraction of sp³-hybridized carbons (Fsp3) is 0.889. The van der Waals surface area contributed by atoms with E-state index < -0.39 is 6.04 Å². The number of hydrogen-bond donors (Lipinski definition) is 1. The van der Waals surface area contributed by atoms with Crippen molar-refractivity contribution in [3.8, 4) is 0 Å². The van der Waals surface area contributed by atoms with E-state index in [0.717, 1.165) is 13.0 Å². The molecule has 1 aliphatic heterocycles. The quantitative estimate of drug-likeness (QED) is 0.659. The van der Waals surface area contributed by atoms with E-state index >= 15 is 0 Å². The lowest BCUT2D eigenvalue weighted by molar-refractivity contribution is -0.132. The number of carbonyl (C=O) groups excluding carboxylic acids is 1. The molecule has 1 rings (SSSR count). The molecule has 0 aliphatic carbocycles. The Labute approximate surface area is 79.0 Å². The molecule has 1 fully saturated rings. The normalized spacial score (nSPS) is 30.6. The van der Waals surface area contributed by atoms with Crippen molar-refractivity contribution in [2.75, 3.05) is 20.2 Å². The summed E-state index contributed by atoms with van der Waals surface area (Å²) in [5.74, 6) is 0.0146. The minimum absolute atomic E-state index is 0.0146. The second kappa shape index (κ2) is 3.64. The van der Waals surface area contributed by atoms with Crippen LogP contribution < -0.4 is 5.73 Å². The summed E-state index contributed by atoms with van der Waals surface area (Å²) in [6, 6.07) is -0.404. The fourth-order valence-corrected chi connectivity index (χ4v) is 1.58. The fourth-order valence-electron chi connectivity index (χ4n) is 1.58. The van der Waals surface area contributed by atoms with Gasteiger partial charge in [-0.1, -0.05) is 0 Å². The number of ether oxygens (including phenoxy) is 1. The predicted octanol–water partition coefficient (Wildman–Crippen LogP) is -0.0290. The average Bonchev–Trinajstić information content (AvgIpc) is 2.47. The first kappa shape index (κ1) is 10.5. The van der Waals surface area contributed by atoms with Crippen LogP contribution in [0.25, 0.3) is 0 Å². The molecule has 4 nitrogen and oxygen atoms in total. The molecule has 1 unspecified atom stereocenters. The molecule has 1 amide bonds. The molecule has 1 aliphatic rings. The molecule has 0 aromatic carbocycles. The van der Waals surface area contributed by atoms with Gasteiger partial charge in [0.2, 0.25) is 5.91 Å². The van der Waals surface area contributed by atoms with Gasteiger partial charge in [-0.05, 0) is 20.3 Å². The van der Waals surface area contributed by atoms with Gasteiger partial charge in [-0.15, -0.1) is 0 Å². The van der Waals surface area contributed by atoms with Crippen molar-refractivity contribution in [2.24, 2.45) is 5.73 Å². The lowest BCUT2D eigenvalue weighted by atomic mass is 10.1. The zero-order chi connectivity index (χ0) is 10.1. The molecule has 13 heavy (non-hydrogen) atoms. The largest absolute Gasteiger partial charge is 0.377 e. The first-order valence-corrected chi connectivity index (χ1v) is 4.58. The standard InChI is InChI=1S/C9H18N2O2/c1-7(10)8(12)11-5-4-9(2,6-11)13-3/h7H,4-6,10H2,1-3H3/t7-,9?/m1/s1. The number of likely N-dealkylation sites (tertiary alicyclic amines) is 1. The molecule has 0 bridgehead atoms. The SMILES string of the molecule is COC1(C)CCN(C(=O)[C@@H](C)N)C1. The van der Waals surface area contributed by atoms with Crippen LogP contribution in [0.3, 0.4) is 0 Å². The molecule has 2 atom stereocenters. The molecular weight excluding hydrogens is 168 g/mol. The van der Waals surface area contributed by atoms with E-state index in [2.05, 4.69) is 0 Å². The first-order valence-electron chi connectivity index (χ1n) is 4.58. The van der Waals surface area contributed by atoms with Crippen LogP contribution in [0.5, 0.6) is 0 Å². The first-order chi connectivity index (χ1) is 5.98. The molecule has 1 saturated heterocycles. The van der Waals surface area contributed by atoms with E-state index in [1.165, 1.54) is 0 Å². The summed E-state index contributed by atoms with van der Waals surface area (Å²) in [4.78, 5) is 13.3. The van der Waals surface area contributed by atoms with Gasteiger partial charge in [-0.25, -0.2) is 0 Å². The van der Waals surface area contributed by atoms with Crippen LogP contribution in [0, 0.1) is 0 Å². The summed E-state index contributed by atoms with van der Waals surface area (Å²) in [6.45, 7) is 5.14. The van der Waals surface area contributed by atoms with Crippen LogP contribution in [0.2, 0.25) is 0 Å². The molecule has 2 N–H and O–H groups in total. The van der Waals surface area contributed by atoms with E-state index in [0.29, 0.717) is 6.54 Å². The van der Waals surface area contributed by atoms with Crippen LogP contribution in [0.4, 0.5) is 0 Å². The maximum atomic E-state index is 11.5. The van der Waals surface area contributed by atoms with E-state index in [4.69, 9.17) is 10.5 Å². The number of hydrogen-bond acceptors (Lipinski definition) is 3. The Bertz CT molecular complexity index is 206. The molecule has 0 radical (unpaired) electrons. The third-order valence-electron chi connectivity index (χ3n) is 2.63. The predicted molar refractivity (Wildman–Crippen MR) is 50.3 cm³/mol. The zero-order valence-electron chi connectivity index (χ0n) is 8.54. The highest BCUT2D eigenvalue weighted by Crippen LogP contribution is 2.24. The maximum absolute atomic E-state index is 11.5. The lowest BCUT2D eigenvalue weighted by Crippen LogP contribution is -2.42. The van der Waals surface area contributed by atoms with Crippen LogP contribution in [-0.2, 0) is 9.53 Å². The van der Waals surface area contributed by atoms with E-state index in [-0.39, 0.29) is 11.5 Å². The van der Waals surface area contributed by atoms with Crippen molar-refractivity contribution in [2.45, 2.75) is 31.9 Å². The van der Waals surface area contributed by atoms with E-state index in [9.17, 15) is 4.79 Å². The highest BCUT2D eigenvalue weighted by Gasteiger charge is 2.36. The topological polar surface area (TPSA) is 55.6 Å². The van der Waals surface area contributed by atoms with Gasteiger partial charge < -0.3 is 15.4 Å². The summed E-state index contributed by atoms with van der Waals surface area (Å²) in [5, 5.41) is 0. The third kappa shape index (κ3) is 2.19. The number of nitrogens with two attached hydrogens (primary N) is 1. The summed E-state index contributed by atoms with van der Waals surface area (Å²) in [7, 11) is 1.68. The molecule has 76 valence electrons. The van der Waals surface area contributed by atoms with Crippen LogP contribution in [0.1, 0.15) is 20.3 Å². The monoisotopic (exact) mass is 186 g/mol. The summed E-state index contributed by atoms with van der Waals surface area (Å²) < 4.78 is 5.32. The van der Waals surface area contributed by atoms with Crippen molar-refractivity contribution in [1.82, 2.24) is 4.90 Å². The highest BCUT2D eigenvalue weighted by molar-refractivity contribution is 5.81. The zero-order valence-corrected chi connectivity index (χ0v) is 8.54. The van der Waals surface area contributed by atoms with Gasteiger partial charge in [0.15, 0.2) is 0 Å². The summed E-state index contributed by atoms with van der Waals surface area (Å²) in [6.07, 6.45) is 0.891. The van der Waals surface area contributed by atoms with Crippen molar-refractivity contribution < 1.29 is 9.53 Å². The Hall–Kier alpha value is -0.610. The summed E-state index contributed by atoms with van der Waals surface area (Å²) in [5.41, 5.74) is 5.34. The van der Waals surface area contributed by atoms with Crippen LogP contribution in [0.15, 0.2) is 0 Å². The van der Waals surface area contributed by atoms with Gasteiger partial charge in [-0.3, -0.25) is 4.79 Å². The third-order valence-corrected chi connectivity index (χ3v) is 2.63. The minimum atomic E-state index is -0.404. The Morgan fingerprint density at radius 2 is 2.31 bits per heavy atom.